The smallest absolute Gasteiger partial charge is 0.417 e. The Balaban J connectivity index is 1.12. The van der Waals surface area contributed by atoms with E-state index in [2.05, 4.69) is 11.1 Å². The van der Waals surface area contributed by atoms with Crippen molar-refractivity contribution in [2.24, 2.45) is 0 Å². The highest BCUT2D eigenvalue weighted by molar-refractivity contribution is 7.92. The van der Waals surface area contributed by atoms with Crippen molar-refractivity contribution >= 4 is 44.9 Å². The lowest BCUT2D eigenvalue weighted by Crippen LogP contribution is -2.52. The van der Waals surface area contributed by atoms with Crippen molar-refractivity contribution in [2.75, 3.05) is 32.6 Å². The second kappa shape index (κ2) is 20.2. The molecule has 6 N–H and O–H groups in total. The van der Waals surface area contributed by atoms with Crippen molar-refractivity contribution < 1.29 is 65.0 Å². The van der Waals surface area contributed by atoms with Crippen LogP contribution in [0, 0.1) is 11.3 Å². The monoisotopic (exact) mass is 911 g/mol. The van der Waals surface area contributed by atoms with E-state index in [1.165, 1.54) is 18.2 Å². The molecule has 0 spiro atoms. The van der Waals surface area contributed by atoms with Crippen LogP contribution >= 0.6 is 18.9 Å². The Morgan fingerprint density at radius 2 is 1.48 bits per heavy atom. The molecule has 0 aliphatic carbocycles. The highest BCUT2D eigenvalue weighted by Crippen LogP contribution is 2.44. The lowest BCUT2D eigenvalue weighted by molar-refractivity contribution is -0.370. The molecule has 14 nitrogen and oxygen atoms in total. The van der Waals surface area contributed by atoms with Crippen molar-refractivity contribution in [3.63, 3.8) is 0 Å². The fourth-order valence-corrected chi connectivity index (χ4v) is 9.71. The molecule has 1 heterocycles. The highest BCUT2D eigenvalue weighted by Gasteiger charge is 2.35. The Morgan fingerprint density at radius 3 is 2.15 bits per heavy atom. The van der Waals surface area contributed by atoms with Gasteiger partial charge in [0.15, 0.2) is 23.0 Å². The van der Waals surface area contributed by atoms with Crippen molar-refractivity contribution in [3.05, 3.63) is 143 Å². The summed E-state index contributed by atoms with van der Waals surface area (Å²) in [4.78, 5) is 23.9. The number of carbonyl (C=O) groups is 1. The molecule has 1 amide bonds. The highest BCUT2D eigenvalue weighted by atomic mass is 32.2. The fourth-order valence-electron chi connectivity index (χ4n) is 5.75. The number of thiophene rings is 1. The van der Waals surface area contributed by atoms with Gasteiger partial charge in [0.1, 0.15) is 49.2 Å². The molecule has 1 atom stereocenters. The molecule has 1 unspecified atom stereocenters. The standard InChI is InChI=1S/C42H38F3N4O10PS2/c43-42(44,45)34-22-32(15-14-30(34)24-47)59-60(51,52)27-49-62(53,54)39-21-31-20-36(37(55-18-16-46)23-38(31)61-39)56-19-17-48-41(50)33-12-7-13-35(57-25-28-8-3-1-4-9-28)40(33)58-26-29-10-5-2-6-11-29/h1-15,20-23,49H,16-19,25-27,46H2,(H,48,50)(H,51,52)/p+1. The van der Waals surface area contributed by atoms with E-state index in [1.54, 1.807) is 24.3 Å². The lowest BCUT2D eigenvalue weighted by Gasteiger charge is -2.17. The molecule has 0 saturated carbocycles. The minimum atomic E-state index is -4.96. The number of nitrogens with zero attached hydrogens (tertiary/aromatic N) is 1. The predicted molar refractivity (Wildman–Crippen MR) is 223 cm³/mol. The first kappa shape index (κ1) is 45.4. The van der Waals surface area contributed by atoms with Crippen LogP contribution in [-0.4, -0.2) is 51.8 Å². The number of para-hydroxylation sites is 1. The van der Waals surface area contributed by atoms with Crippen LogP contribution in [0.5, 0.6) is 28.7 Å². The third kappa shape index (κ3) is 12.0. The largest absolute Gasteiger partial charge is 0.488 e. The maximum Gasteiger partial charge on any atom is 0.417 e. The number of amides is 1. The van der Waals surface area contributed by atoms with Gasteiger partial charge in [-0.1, -0.05) is 66.7 Å². The van der Waals surface area contributed by atoms with E-state index in [1.807, 2.05) is 65.4 Å². The zero-order chi connectivity index (χ0) is 44.3. The molecule has 0 radical (unpaired) electrons. The van der Waals surface area contributed by atoms with Crippen LogP contribution < -0.4 is 39.2 Å². The third-order valence-electron chi connectivity index (χ3n) is 8.68. The molecule has 6 rings (SSSR count). The van der Waals surface area contributed by atoms with Crippen LogP contribution in [0.1, 0.15) is 32.6 Å². The number of nitrogens with one attached hydrogen (secondary N) is 2. The number of nitriles is 1. The summed E-state index contributed by atoms with van der Waals surface area (Å²) in [5, 5.41) is 12.2. The Bertz CT molecular complexity index is 2720. The molecule has 62 heavy (non-hydrogen) atoms. The number of ether oxygens (including phenoxy) is 4. The number of fused-ring (bicyclic) bond motifs is 1. The molecular formula is C42H39F3N4O10PS2+. The van der Waals surface area contributed by atoms with Gasteiger partial charge in [-0.25, -0.2) is 13.0 Å². The minimum Gasteiger partial charge on any atom is -0.488 e. The summed E-state index contributed by atoms with van der Waals surface area (Å²) in [6.45, 7) is 1.02. The first-order chi connectivity index (χ1) is 29.7. The number of benzene rings is 5. The summed E-state index contributed by atoms with van der Waals surface area (Å²) in [6, 6.07) is 31.9. The molecule has 6 aromatic rings. The van der Waals surface area contributed by atoms with Gasteiger partial charge >= 0.3 is 13.8 Å². The van der Waals surface area contributed by atoms with Crippen LogP contribution in [0.3, 0.4) is 0 Å². The Labute approximate surface area is 358 Å². The minimum absolute atomic E-state index is 0.0330. The van der Waals surface area contributed by atoms with E-state index < -0.39 is 52.9 Å². The zero-order valence-corrected chi connectivity index (χ0v) is 35.1. The number of alkyl halides is 3. The maximum atomic E-state index is 13.6. The van der Waals surface area contributed by atoms with Crippen LogP contribution in [0.25, 0.3) is 10.1 Å². The summed E-state index contributed by atoms with van der Waals surface area (Å²) in [5.41, 5.74) is 3.72. The van der Waals surface area contributed by atoms with Crippen molar-refractivity contribution in [3.8, 4) is 34.8 Å². The van der Waals surface area contributed by atoms with E-state index in [0.29, 0.717) is 28.4 Å². The molecule has 324 valence electrons. The molecule has 20 heteroatoms. The molecule has 0 aliphatic rings. The lowest BCUT2D eigenvalue weighted by atomic mass is 10.1. The Morgan fingerprint density at radius 1 is 0.823 bits per heavy atom. The van der Waals surface area contributed by atoms with Crippen molar-refractivity contribution in [1.82, 2.24) is 10.0 Å². The number of quaternary nitrogens is 1. The summed E-state index contributed by atoms with van der Waals surface area (Å²) >= 11 is 0.812. The van der Waals surface area contributed by atoms with E-state index >= 15 is 0 Å². The number of hydrogen-bond acceptors (Lipinski definition) is 11. The van der Waals surface area contributed by atoms with Gasteiger partial charge in [-0.15, -0.1) is 11.3 Å². The summed E-state index contributed by atoms with van der Waals surface area (Å²) in [7, 11) is -9.35. The molecule has 0 bridgehead atoms. The van der Waals surface area contributed by atoms with Gasteiger partial charge in [0.25, 0.3) is 15.9 Å². The average molecular weight is 912 g/mol. The van der Waals surface area contributed by atoms with E-state index in [9.17, 15) is 35.8 Å². The SMILES string of the molecule is N#Cc1ccc(OP(=O)(O)CNS(=O)(=O)c2cc3cc(OCCNC(=O)c4cccc(OCc5ccccc5)c4OCc4ccccc4)c(OCC[NH3+])cc3s2)cc1C(F)(F)F. The van der Waals surface area contributed by atoms with Gasteiger partial charge in [-0.3, -0.25) is 4.79 Å². The van der Waals surface area contributed by atoms with Crippen LogP contribution in [0.2, 0.25) is 0 Å². The average Bonchev–Trinajstić information content (AvgIpc) is 3.69. The second-order valence-corrected chi connectivity index (χ2v) is 18.1. The van der Waals surface area contributed by atoms with Crippen LogP contribution in [0.4, 0.5) is 13.2 Å². The zero-order valence-electron chi connectivity index (χ0n) is 32.6. The number of carbonyl (C=O) groups excluding carboxylic acids is 1. The second-order valence-electron chi connectivity index (χ2n) is 13.2. The molecular weight excluding hydrogens is 873 g/mol. The number of rotatable bonds is 20. The van der Waals surface area contributed by atoms with Gasteiger partial charge in [0.2, 0.25) is 0 Å². The summed E-state index contributed by atoms with van der Waals surface area (Å²) < 4.78 is 111. The molecule has 1 aromatic heterocycles. The first-order valence-corrected chi connectivity index (χ1v) is 22.7. The number of hydrogen-bond donors (Lipinski definition) is 4. The normalized spacial score (nSPS) is 12.5. The van der Waals surface area contributed by atoms with Gasteiger partial charge in [0, 0.05) is 10.8 Å². The first-order valence-electron chi connectivity index (χ1n) is 18.7. The Hall–Kier alpha value is -6.13. The maximum absolute atomic E-state index is 13.6. The van der Waals surface area contributed by atoms with Crippen LogP contribution in [0.15, 0.2) is 119 Å². The quantitative estimate of drug-likeness (QED) is 0.0458. The third-order valence-corrected chi connectivity index (χ3v) is 12.9. The van der Waals surface area contributed by atoms with Gasteiger partial charge in [0.05, 0.1) is 29.3 Å². The van der Waals surface area contributed by atoms with E-state index in [0.717, 1.165) is 34.6 Å². The summed E-state index contributed by atoms with van der Waals surface area (Å²) in [6.07, 6.45) is -6.14. The fraction of sp³-hybridized carbons (Fsp3) is 0.190. The number of sulfonamides is 1. The van der Waals surface area contributed by atoms with Gasteiger partial charge in [-0.2, -0.15) is 23.2 Å². The predicted octanol–water partition coefficient (Wildman–Crippen LogP) is 6.88. The molecule has 0 fully saturated rings. The van der Waals surface area contributed by atoms with Gasteiger partial charge < -0.3 is 39.4 Å². The van der Waals surface area contributed by atoms with Crippen molar-refractivity contribution in [2.45, 2.75) is 23.6 Å². The van der Waals surface area contributed by atoms with E-state index in [4.69, 9.17) is 28.7 Å². The van der Waals surface area contributed by atoms with E-state index in [-0.39, 0.29) is 60.0 Å². The van der Waals surface area contributed by atoms with Gasteiger partial charge in [-0.05, 0) is 59.0 Å². The topological polar surface area (TPSA) is 210 Å². The summed E-state index contributed by atoms with van der Waals surface area (Å²) in [5.74, 6) is -0.0102. The Kier molecular flexibility index (Phi) is 14.8. The van der Waals surface area contributed by atoms with Crippen molar-refractivity contribution in [1.29, 1.82) is 5.26 Å². The molecule has 0 aliphatic heterocycles. The molecule has 0 saturated heterocycles. The number of halogens is 3. The van der Waals surface area contributed by atoms with Crippen LogP contribution in [-0.2, 0) is 34.0 Å². The molecule has 5 aromatic carbocycles.